The van der Waals surface area contributed by atoms with Gasteiger partial charge in [0.15, 0.2) is 0 Å². The third-order valence-electron chi connectivity index (χ3n) is 5.69. The minimum absolute atomic E-state index is 0.134. The largest absolute Gasteiger partial charge is 0.0645 e. The van der Waals surface area contributed by atoms with Gasteiger partial charge in [-0.1, -0.05) is 112 Å². The molecule has 0 saturated carbocycles. The summed E-state index contributed by atoms with van der Waals surface area (Å²) >= 11 is 0. The molecule has 0 aliphatic rings. The lowest BCUT2D eigenvalue weighted by Crippen LogP contribution is -2.20. The maximum absolute atomic E-state index is 2.46. The molecule has 27 heavy (non-hydrogen) atoms. The van der Waals surface area contributed by atoms with Crippen LogP contribution in [0.15, 0.2) is 42.5 Å². The summed E-state index contributed by atoms with van der Waals surface area (Å²) in [4.78, 5) is 0. The zero-order valence-electron chi connectivity index (χ0n) is 19.3. The zero-order valence-corrected chi connectivity index (χ0v) is 19.3. The first-order valence-electron chi connectivity index (χ1n) is 10.5. The molecular formula is C27H40. The second kappa shape index (κ2) is 7.46. The maximum Gasteiger partial charge on any atom is 0.00896 e. The quantitative estimate of drug-likeness (QED) is 0.516. The molecule has 148 valence electrons. The summed E-state index contributed by atoms with van der Waals surface area (Å²) in [6.45, 7) is 23.1. The second-order valence-electron chi connectivity index (χ2n) is 11.1. The fourth-order valence-electron chi connectivity index (χ4n) is 3.83. The molecule has 0 spiro atoms. The fraction of sp³-hybridized carbons (Fsp3) is 0.556. The van der Waals surface area contributed by atoms with Crippen LogP contribution in [0.4, 0.5) is 0 Å². The van der Waals surface area contributed by atoms with Crippen molar-refractivity contribution in [1.29, 1.82) is 0 Å². The molecule has 2 rings (SSSR count). The van der Waals surface area contributed by atoms with Crippen LogP contribution in [-0.2, 0) is 16.2 Å². The van der Waals surface area contributed by atoms with E-state index in [9.17, 15) is 0 Å². The first-order valence-corrected chi connectivity index (χ1v) is 10.5. The van der Waals surface area contributed by atoms with E-state index in [1.54, 1.807) is 0 Å². The number of benzene rings is 2. The molecule has 0 bridgehead atoms. The van der Waals surface area contributed by atoms with Crippen LogP contribution < -0.4 is 0 Å². The lowest BCUT2D eigenvalue weighted by Gasteiger charge is -2.31. The van der Waals surface area contributed by atoms with Gasteiger partial charge in [0.2, 0.25) is 0 Å². The third kappa shape index (κ3) is 5.03. The van der Waals surface area contributed by atoms with Crippen LogP contribution >= 0.6 is 0 Å². The highest BCUT2D eigenvalue weighted by Crippen LogP contribution is 2.39. The van der Waals surface area contributed by atoms with Gasteiger partial charge < -0.3 is 0 Å². The van der Waals surface area contributed by atoms with E-state index in [0.29, 0.717) is 5.92 Å². The summed E-state index contributed by atoms with van der Waals surface area (Å²) in [5, 5.41) is 0. The summed E-state index contributed by atoms with van der Waals surface area (Å²) in [5.74, 6) is 0.447. The Morgan fingerprint density at radius 1 is 0.630 bits per heavy atom. The Hall–Kier alpha value is -1.56. The average molecular weight is 365 g/mol. The van der Waals surface area contributed by atoms with Gasteiger partial charge in [-0.05, 0) is 50.5 Å². The predicted octanol–water partition coefficient (Wildman–Crippen LogP) is 8.12. The summed E-state index contributed by atoms with van der Waals surface area (Å²) < 4.78 is 0. The van der Waals surface area contributed by atoms with Gasteiger partial charge in [0.25, 0.3) is 0 Å². The van der Waals surface area contributed by atoms with Crippen molar-refractivity contribution in [2.45, 2.75) is 97.8 Å². The van der Waals surface area contributed by atoms with Crippen molar-refractivity contribution < 1.29 is 0 Å². The van der Waals surface area contributed by atoms with Crippen LogP contribution in [-0.4, -0.2) is 0 Å². The van der Waals surface area contributed by atoms with E-state index >= 15 is 0 Å². The minimum Gasteiger partial charge on any atom is -0.0645 e. The molecule has 0 radical (unpaired) electrons. The first kappa shape index (κ1) is 21.7. The number of hydrogen-bond donors (Lipinski definition) is 0. The molecule has 0 heteroatoms. The molecule has 0 aliphatic heterocycles. The standard InChI is InChI=1S/C27H40/c1-11-22(19-12-14-20(15-13-19)25(2,3)4)23-17-16-21(26(5,6)7)18-24(23)27(8,9)10/h12-18,22H,11H2,1-10H3. The molecule has 0 saturated heterocycles. The van der Waals surface area contributed by atoms with Crippen LogP contribution in [0, 0.1) is 0 Å². The van der Waals surface area contributed by atoms with Gasteiger partial charge in [0.1, 0.15) is 0 Å². The Morgan fingerprint density at radius 2 is 1.11 bits per heavy atom. The predicted molar refractivity (Wildman–Crippen MR) is 121 cm³/mol. The molecular weight excluding hydrogens is 324 g/mol. The van der Waals surface area contributed by atoms with Crippen LogP contribution in [0.5, 0.6) is 0 Å². The Balaban J connectivity index is 2.56. The summed E-state index contributed by atoms with van der Waals surface area (Å²) in [5.41, 5.74) is 7.74. The van der Waals surface area contributed by atoms with E-state index in [1.807, 2.05) is 0 Å². The molecule has 0 amide bonds. The van der Waals surface area contributed by atoms with Gasteiger partial charge in [-0.3, -0.25) is 0 Å². The molecule has 0 heterocycles. The molecule has 2 aromatic rings. The molecule has 1 unspecified atom stereocenters. The second-order valence-corrected chi connectivity index (χ2v) is 11.1. The molecule has 0 aromatic heterocycles. The van der Waals surface area contributed by atoms with Crippen molar-refractivity contribution in [3.05, 3.63) is 70.3 Å². The van der Waals surface area contributed by atoms with Crippen molar-refractivity contribution in [1.82, 2.24) is 0 Å². The molecule has 0 nitrogen and oxygen atoms in total. The highest BCUT2D eigenvalue weighted by molar-refractivity contribution is 5.45. The van der Waals surface area contributed by atoms with Crippen molar-refractivity contribution in [2.75, 3.05) is 0 Å². The fourth-order valence-corrected chi connectivity index (χ4v) is 3.83. The van der Waals surface area contributed by atoms with Crippen LogP contribution in [0.3, 0.4) is 0 Å². The molecule has 2 aromatic carbocycles. The van der Waals surface area contributed by atoms with Crippen molar-refractivity contribution in [3.63, 3.8) is 0 Å². The third-order valence-corrected chi connectivity index (χ3v) is 5.69. The van der Waals surface area contributed by atoms with Crippen LogP contribution in [0.2, 0.25) is 0 Å². The van der Waals surface area contributed by atoms with Gasteiger partial charge in [0, 0.05) is 5.92 Å². The smallest absolute Gasteiger partial charge is 0.00896 e. The molecule has 0 N–H and O–H groups in total. The Labute approximate surface area is 168 Å². The SMILES string of the molecule is CCC(c1ccc(C(C)(C)C)cc1)c1ccc(C(C)(C)C)cc1C(C)(C)C. The first-order chi connectivity index (χ1) is 12.2. The highest BCUT2D eigenvalue weighted by Gasteiger charge is 2.26. The Morgan fingerprint density at radius 3 is 1.52 bits per heavy atom. The van der Waals surface area contributed by atoms with E-state index in [2.05, 4.69) is 112 Å². The lowest BCUT2D eigenvalue weighted by molar-refractivity contribution is 0.557. The molecule has 0 aliphatic carbocycles. The Bertz CT molecular complexity index is 756. The van der Waals surface area contributed by atoms with Crippen LogP contribution in [0.25, 0.3) is 0 Å². The number of hydrogen-bond acceptors (Lipinski definition) is 0. The molecule has 0 fully saturated rings. The van der Waals surface area contributed by atoms with Crippen LogP contribution in [0.1, 0.15) is 109 Å². The van der Waals surface area contributed by atoms with Crippen molar-refractivity contribution >= 4 is 0 Å². The normalized spacial score (nSPS) is 14.3. The topological polar surface area (TPSA) is 0 Å². The van der Waals surface area contributed by atoms with Gasteiger partial charge in [-0.25, -0.2) is 0 Å². The average Bonchev–Trinajstić information content (AvgIpc) is 2.53. The monoisotopic (exact) mass is 364 g/mol. The van der Waals surface area contributed by atoms with E-state index in [1.165, 1.54) is 27.8 Å². The zero-order chi connectivity index (χ0) is 20.6. The summed E-state index contributed by atoms with van der Waals surface area (Å²) in [6.07, 6.45) is 1.12. The van der Waals surface area contributed by atoms with E-state index in [0.717, 1.165) is 6.42 Å². The summed E-state index contributed by atoms with van der Waals surface area (Å²) in [7, 11) is 0. The van der Waals surface area contributed by atoms with Gasteiger partial charge >= 0.3 is 0 Å². The summed E-state index contributed by atoms with van der Waals surface area (Å²) in [6, 6.07) is 16.5. The lowest BCUT2D eigenvalue weighted by atomic mass is 9.74. The van der Waals surface area contributed by atoms with Crippen molar-refractivity contribution in [3.8, 4) is 0 Å². The number of rotatable bonds is 3. The van der Waals surface area contributed by atoms with Crippen molar-refractivity contribution in [2.24, 2.45) is 0 Å². The van der Waals surface area contributed by atoms with Gasteiger partial charge in [-0.15, -0.1) is 0 Å². The Kier molecular flexibility index (Phi) is 6.00. The van der Waals surface area contributed by atoms with Gasteiger partial charge in [0.05, 0.1) is 0 Å². The molecule has 1 atom stereocenters. The van der Waals surface area contributed by atoms with Gasteiger partial charge in [-0.2, -0.15) is 0 Å². The highest BCUT2D eigenvalue weighted by atomic mass is 14.3. The minimum atomic E-state index is 0.134. The van der Waals surface area contributed by atoms with E-state index in [4.69, 9.17) is 0 Å². The van der Waals surface area contributed by atoms with E-state index in [-0.39, 0.29) is 16.2 Å². The van der Waals surface area contributed by atoms with E-state index < -0.39 is 0 Å². The maximum atomic E-state index is 2.46.